The fourth-order valence-electron chi connectivity index (χ4n) is 1.78. The fraction of sp³-hybridized carbons (Fsp3) is 0.133. The number of hydrogen-bond donors (Lipinski definition) is 2. The van der Waals surface area contributed by atoms with Crippen molar-refractivity contribution in [3.8, 4) is 0 Å². The van der Waals surface area contributed by atoms with E-state index in [1.54, 1.807) is 31.3 Å². The highest BCUT2D eigenvalue weighted by molar-refractivity contribution is 6.30. The van der Waals surface area contributed by atoms with Gasteiger partial charge in [-0.2, -0.15) is 13.2 Å². The first-order chi connectivity index (χ1) is 9.90. The van der Waals surface area contributed by atoms with Crippen molar-refractivity contribution in [2.45, 2.75) is 6.18 Å². The molecule has 0 aliphatic rings. The van der Waals surface area contributed by atoms with Crippen LogP contribution in [0.4, 0.5) is 18.9 Å². The zero-order valence-corrected chi connectivity index (χ0v) is 11.9. The fourth-order valence-corrected chi connectivity index (χ4v) is 1.91. The van der Waals surface area contributed by atoms with Crippen LogP contribution < -0.4 is 10.3 Å². The first kappa shape index (κ1) is 15.4. The molecule has 0 aromatic heterocycles. The smallest absolute Gasteiger partial charge is 0.277 e. The van der Waals surface area contributed by atoms with Gasteiger partial charge in [-0.15, -0.1) is 0 Å². The van der Waals surface area contributed by atoms with Crippen molar-refractivity contribution in [2.75, 3.05) is 12.4 Å². The lowest BCUT2D eigenvalue weighted by Gasteiger charge is -2.07. The molecule has 0 radical (unpaired) electrons. The SMILES string of the molecule is C[NH+]=C(Nc1ccc(Cl)cc1)c1ccc(C(F)(F)F)cc1. The largest absolute Gasteiger partial charge is 0.416 e. The first-order valence-electron chi connectivity index (χ1n) is 6.15. The third-order valence-electron chi connectivity index (χ3n) is 2.86. The van der Waals surface area contributed by atoms with Crippen LogP contribution in [0.1, 0.15) is 11.1 Å². The molecular weight excluding hydrogens is 301 g/mol. The summed E-state index contributed by atoms with van der Waals surface area (Å²) in [6.45, 7) is 0. The van der Waals surface area contributed by atoms with Gasteiger partial charge in [-0.3, -0.25) is 4.99 Å². The highest BCUT2D eigenvalue weighted by atomic mass is 35.5. The van der Waals surface area contributed by atoms with Gasteiger partial charge in [-0.1, -0.05) is 11.6 Å². The maximum Gasteiger partial charge on any atom is 0.416 e. The van der Waals surface area contributed by atoms with Crippen LogP contribution in [0, 0.1) is 0 Å². The second-order valence-electron chi connectivity index (χ2n) is 4.33. The van der Waals surface area contributed by atoms with E-state index in [1.165, 1.54) is 12.1 Å². The second kappa shape index (κ2) is 6.18. The molecule has 0 bridgehead atoms. The van der Waals surface area contributed by atoms with E-state index in [2.05, 4.69) is 10.3 Å². The first-order valence-corrected chi connectivity index (χ1v) is 6.53. The average molecular weight is 314 g/mol. The summed E-state index contributed by atoms with van der Waals surface area (Å²) in [6, 6.07) is 11.9. The van der Waals surface area contributed by atoms with Crippen LogP contribution in [0.5, 0.6) is 0 Å². The van der Waals surface area contributed by atoms with Crippen molar-refractivity contribution in [2.24, 2.45) is 0 Å². The van der Waals surface area contributed by atoms with Gasteiger partial charge in [0.1, 0.15) is 5.69 Å². The van der Waals surface area contributed by atoms with Crippen LogP contribution in [0.3, 0.4) is 0 Å². The highest BCUT2D eigenvalue weighted by Gasteiger charge is 2.30. The Labute approximate surface area is 125 Å². The summed E-state index contributed by atoms with van der Waals surface area (Å²) in [7, 11) is 1.69. The number of hydrogen-bond acceptors (Lipinski definition) is 0. The predicted octanol–water partition coefficient (Wildman–Crippen LogP) is 2.93. The Morgan fingerprint density at radius 1 is 1.00 bits per heavy atom. The molecule has 2 aromatic carbocycles. The Hall–Kier alpha value is -2.01. The lowest BCUT2D eigenvalue weighted by molar-refractivity contribution is -0.419. The second-order valence-corrected chi connectivity index (χ2v) is 4.77. The van der Waals surface area contributed by atoms with Crippen LogP contribution in [-0.2, 0) is 6.18 Å². The zero-order valence-electron chi connectivity index (χ0n) is 11.1. The number of alkyl halides is 3. The molecule has 0 heterocycles. The number of amidine groups is 1. The van der Waals surface area contributed by atoms with Gasteiger partial charge in [-0.05, 0) is 48.5 Å². The lowest BCUT2D eigenvalue weighted by atomic mass is 10.1. The molecule has 0 saturated carbocycles. The van der Waals surface area contributed by atoms with E-state index < -0.39 is 11.7 Å². The van der Waals surface area contributed by atoms with Gasteiger partial charge in [0.05, 0.1) is 18.2 Å². The van der Waals surface area contributed by atoms with Gasteiger partial charge in [-0.25, -0.2) is 5.32 Å². The van der Waals surface area contributed by atoms with Gasteiger partial charge >= 0.3 is 6.18 Å². The molecule has 2 nitrogen and oxygen atoms in total. The van der Waals surface area contributed by atoms with Gasteiger partial charge < -0.3 is 0 Å². The molecule has 0 amide bonds. The van der Waals surface area contributed by atoms with Gasteiger partial charge in [0.25, 0.3) is 5.84 Å². The van der Waals surface area contributed by atoms with Gasteiger partial charge in [0.2, 0.25) is 0 Å². The Kier molecular flexibility index (Phi) is 4.53. The Balaban J connectivity index is 2.20. The minimum Gasteiger partial charge on any atom is -0.277 e. The molecular formula is C15H13ClF3N2+. The van der Waals surface area contributed by atoms with Crippen molar-refractivity contribution < 1.29 is 18.2 Å². The van der Waals surface area contributed by atoms with Crippen molar-refractivity contribution in [1.82, 2.24) is 0 Å². The monoisotopic (exact) mass is 313 g/mol. The normalized spacial score (nSPS) is 12.3. The molecule has 110 valence electrons. The van der Waals surface area contributed by atoms with E-state index in [0.717, 1.165) is 17.8 Å². The molecule has 0 aliphatic heterocycles. The van der Waals surface area contributed by atoms with Crippen LogP contribution in [-0.4, -0.2) is 12.9 Å². The molecule has 6 heteroatoms. The maximum absolute atomic E-state index is 12.5. The maximum atomic E-state index is 12.5. The third-order valence-corrected chi connectivity index (χ3v) is 3.12. The number of rotatable bonds is 2. The van der Waals surface area contributed by atoms with Gasteiger partial charge in [0.15, 0.2) is 0 Å². The van der Waals surface area contributed by atoms with E-state index in [1.807, 2.05) is 0 Å². The lowest BCUT2D eigenvalue weighted by Crippen LogP contribution is -2.70. The van der Waals surface area contributed by atoms with Gasteiger partial charge in [0, 0.05) is 5.02 Å². The third kappa shape index (κ3) is 3.98. The number of benzene rings is 2. The quantitative estimate of drug-likeness (QED) is 0.647. The van der Waals surface area contributed by atoms with E-state index in [-0.39, 0.29) is 0 Å². The standard InChI is InChI=1S/C15H12ClF3N2/c1-20-14(21-13-8-6-12(16)7-9-13)10-2-4-11(5-3-10)15(17,18)19/h2-9H,1H3,(H,20,21)/p+1. The summed E-state index contributed by atoms with van der Waals surface area (Å²) in [6.07, 6.45) is -4.33. The molecule has 0 unspecified atom stereocenters. The molecule has 2 rings (SSSR count). The molecule has 2 N–H and O–H groups in total. The molecule has 2 aromatic rings. The average Bonchev–Trinajstić information content (AvgIpc) is 2.46. The van der Waals surface area contributed by atoms with Crippen molar-refractivity contribution in [1.29, 1.82) is 0 Å². The molecule has 21 heavy (non-hydrogen) atoms. The minimum absolute atomic E-state index is 0.603. The van der Waals surface area contributed by atoms with Crippen molar-refractivity contribution in [3.05, 3.63) is 64.7 Å². The Bertz CT molecular complexity index is 631. The number of anilines is 1. The number of halogens is 4. The van der Waals surface area contributed by atoms with Crippen molar-refractivity contribution >= 4 is 23.1 Å². The molecule has 0 spiro atoms. The van der Waals surface area contributed by atoms with Crippen LogP contribution >= 0.6 is 11.6 Å². The highest BCUT2D eigenvalue weighted by Crippen LogP contribution is 2.29. The van der Waals surface area contributed by atoms with Crippen molar-refractivity contribution in [3.63, 3.8) is 0 Å². The summed E-state index contributed by atoms with van der Waals surface area (Å²) in [5, 5.41) is 3.71. The minimum atomic E-state index is -4.33. The zero-order chi connectivity index (χ0) is 15.5. The number of nitrogens with one attached hydrogen (secondary N) is 2. The Morgan fingerprint density at radius 2 is 1.57 bits per heavy atom. The van der Waals surface area contributed by atoms with Crippen LogP contribution in [0.15, 0.2) is 48.5 Å². The van der Waals surface area contributed by atoms with Crippen LogP contribution in [0.25, 0.3) is 0 Å². The summed E-state index contributed by atoms with van der Waals surface area (Å²) >= 11 is 5.80. The summed E-state index contributed by atoms with van der Waals surface area (Å²) < 4.78 is 37.6. The predicted molar refractivity (Wildman–Crippen MR) is 77.5 cm³/mol. The summed E-state index contributed by atoms with van der Waals surface area (Å²) in [5.74, 6) is 0.603. The molecule has 0 atom stereocenters. The van der Waals surface area contributed by atoms with Crippen LogP contribution in [0.2, 0.25) is 5.02 Å². The molecule has 0 aliphatic carbocycles. The van der Waals surface area contributed by atoms with E-state index in [0.29, 0.717) is 16.4 Å². The Morgan fingerprint density at radius 3 is 2.05 bits per heavy atom. The molecule has 0 saturated heterocycles. The molecule has 0 fully saturated rings. The topological polar surface area (TPSA) is 26.0 Å². The van der Waals surface area contributed by atoms with E-state index in [9.17, 15) is 13.2 Å². The summed E-state index contributed by atoms with van der Waals surface area (Å²) in [5.41, 5.74) is 0.734. The summed E-state index contributed by atoms with van der Waals surface area (Å²) in [4.78, 5) is 2.93. The van der Waals surface area contributed by atoms with E-state index in [4.69, 9.17) is 11.6 Å². The van der Waals surface area contributed by atoms with E-state index >= 15 is 0 Å².